The molecule has 4 nitrogen and oxygen atoms in total. The quantitative estimate of drug-likeness (QED) is 0.746. The second-order valence-corrected chi connectivity index (χ2v) is 8.30. The van der Waals surface area contributed by atoms with E-state index in [1.807, 2.05) is 30.5 Å². The third kappa shape index (κ3) is 3.20. The van der Waals surface area contributed by atoms with Gasteiger partial charge in [0.05, 0.1) is 4.90 Å². The van der Waals surface area contributed by atoms with Gasteiger partial charge in [-0.05, 0) is 48.7 Å². The van der Waals surface area contributed by atoms with Crippen molar-refractivity contribution < 1.29 is 8.42 Å². The Morgan fingerprint density at radius 2 is 1.92 bits per heavy atom. The van der Waals surface area contributed by atoms with Crippen molar-refractivity contribution in [2.45, 2.75) is 18.2 Å². The van der Waals surface area contributed by atoms with Gasteiger partial charge < -0.3 is 4.98 Å². The van der Waals surface area contributed by atoms with Crippen LogP contribution >= 0.6 is 11.6 Å². The highest BCUT2D eigenvalue weighted by molar-refractivity contribution is 7.89. The molecule has 0 atom stereocenters. The highest BCUT2D eigenvalue weighted by Crippen LogP contribution is 2.23. The smallest absolute Gasteiger partial charge is 0.242 e. The number of fused-ring (bicyclic) bond motifs is 1. The molecule has 0 aliphatic rings. The summed E-state index contributed by atoms with van der Waals surface area (Å²) in [6.45, 7) is 2.21. The van der Waals surface area contributed by atoms with E-state index in [1.54, 1.807) is 32.2 Å². The van der Waals surface area contributed by atoms with E-state index in [2.05, 4.69) is 4.98 Å². The molecule has 0 saturated heterocycles. The lowest BCUT2D eigenvalue weighted by atomic mass is 10.1. The number of benzene rings is 2. The molecule has 0 aliphatic heterocycles. The molecule has 1 aromatic heterocycles. The fourth-order valence-corrected chi connectivity index (χ4v) is 4.07. The highest BCUT2D eigenvalue weighted by atomic mass is 35.5. The Bertz CT molecular complexity index is 980. The predicted octanol–water partition coefficient (Wildman–Crippen LogP) is 3.99. The van der Waals surface area contributed by atoms with E-state index in [-0.39, 0.29) is 4.90 Å². The van der Waals surface area contributed by atoms with Crippen LogP contribution in [0.3, 0.4) is 0 Å². The number of hydrogen-bond donors (Lipinski definition) is 1. The lowest BCUT2D eigenvalue weighted by Crippen LogP contribution is -2.29. The Balaban J connectivity index is 1.78. The molecular formula is C18H19ClN2O2S. The predicted molar refractivity (Wildman–Crippen MR) is 98.0 cm³/mol. The van der Waals surface area contributed by atoms with Crippen molar-refractivity contribution in [2.75, 3.05) is 13.6 Å². The van der Waals surface area contributed by atoms with Crippen LogP contribution in [0.4, 0.5) is 0 Å². The molecule has 0 unspecified atom stereocenters. The Morgan fingerprint density at radius 1 is 1.17 bits per heavy atom. The van der Waals surface area contributed by atoms with Gasteiger partial charge in [-0.2, -0.15) is 0 Å². The largest absolute Gasteiger partial charge is 0.361 e. The Labute approximate surface area is 147 Å². The molecule has 3 aromatic rings. The minimum Gasteiger partial charge on any atom is -0.361 e. The van der Waals surface area contributed by atoms with Crippen LogP contribution in [-0.4, -0.2) is 31.3 Å². The maximum atomic E-state index is 12.7. The van der Waals surface area contributed by atoms with Crippen LogP contribution in [0.1, 0.15) is 11.1 Å². The highest BCUT2D eigenvalue weighted by Gasteiger charge is 2.21. The molecular weight excluding hydrogens is 344 g/mol. The zero-order chi connectivity index (χ0) is 17.3. The van der Waals surface area contributed by atoms with E-state index in [9.17, 15) is 8.42 Å². The topological polar surface area (TPSA) is 53.2 Å². The van der Waals surface area contributed by atoms with Crippen molar-refractivity contribution in [1.29, 1.82) is 0 Å². The van der Waals surface area contributed by atoms with Crippen molar-refractivity contribution in [3.8, 4) is 0 Å². The molecule has 1 N–H and O–H groups in total. The molecule has 0 amide bonds. The molecule has 0 spiro atoms. The normalized spacial score (nSPS) is 12.2. The van der Waals surface area contributed by atoms with Gasteiger partial charge in [-0.15, -0.1) is 0 Å². The maximum absolute atomic E-state index is 12.7. The summed E-state index contributed by atoms with van der Waals surface area (Å²) in [5.74, 6) is 0. The SMILES string of the molecule is Cc1cc(S(=O)(=O)N(C)CCc2c[nH]c3ccccc23)ccc1Cl. The maximum Gasteiger partial charge on any atom is 0.242 e. The van der Waals surface area contributed by atoms with Gasteiger partial charge in [-0.25, -0.2) is 12.7 Å². The molecule has 1 heterocycles. The zero-order valence-electron chi connectivity index (χ0n) is 13.6. The summed E-state index contributed by atoms with van der Waals surface area (Å²) in [6, 6.07) is 12.8. The van der Waals surface area contributed by atoms with Crippen LogP contribution in [0.15, 0.2) is 53.6 Å². The fourth-order valence-electron chi connectivity index (χ4n) is 2.69. The van der Waals surface area contributed by atoms with Crippen LogP contribution < -0.4 is 0 Å². The van der Waals surface area contributed by atoms with E-state index in [0.29, 0.717) is 18.0 Å². The number of aromatic nitrogens is 1. The molecule has 0 radical (unpaired) electrons. The zero-order valence-corrected chi connectivity index (χ0v) is 15.2. The third-order valence-corrected chi connectivity index (χ3v) is 6.49. The first kappa shape index (κ1) is 17.0. The first-order valence-electron chi connectivity index (χ1n) is 7.67. The van der Waals surface area contributed by atoms with Crippen molar-refractivity contribution >= 4 is 32.5 Å². The lowest BCUT2D eigenvalue weighted by molar-refractivity contribution is 0.473. The minimum absolute atomic E-state index is 0.269. The molecule has 6 heteroatoms. The van der Waals surface area contributed by atoms with Crippen LogP contribution in [-0.2, 0) is 16.4 Å². The Morgan fingerprint density at radius 3 is 2.67 bits per heavy atom. The van der Waals surface area contributed by atoms with Gasteiger partial charge in [-0.1, -0.05) is 29.8 Å². The molecule has 3 rings (SSSR count). The van der Waals surface area contributed by atoms with Gasteiger partial charge in [0.2, 0.25) is 10.0 Å². The van der Waals surface area contributed by atoms with Crippen molar-refractivity contribution in [3.05, 3.63) is 64.8 Å². The number of sulfonamides is 1. The van der Waals surface area contributed by atoms with Gasteiger partial charge >= 0.3 is 0 Å². The van der Waals surface area contributed by atoms with Gasteiger partial charge in [0.1, 0.15) is 0 Å². The van der Waals surface area contributed by atoms with Crippen molar-refractivity contribution in [3.63, 3.8) is 0 Å². The van der Waals surface area contributed by atoms with Crippen LogP contribution in [0.5, 0.6) is 0 Å². The van der Waals surface area contributed by atoms with E-state index in [4.69, 9.17) is 11.6 Å². The monoisotopic (exact) mass is 362 g/mol. The molecule has 2 aromatic carbocycles. The molecule has 0 aliphatic carbocycles. The summed E-state index contributed by atoms with van der Waals surface area (Å²) in [6.07, 6.45) is 2.59. The number of H-pyrrole nitrogens is 1. The number of nitrogens with zero attached hydrogens (tertiary/aromatic N) is 1. The standard InChI is InChI=1S/C18H19ClN2O2S/c1-13-11-15(7-8-17(13)19)24(22,23)21(2)10-9-14-12-20-18-6-4-3-5-16(14)18/h3-8,11-12,20H,9-10H2,1-2H3. The second kappa shape index (κ2) is 6.59. The molecule has 0 bridgehead atoms. The summed E-state index contributed by atoms with van der Waals surface area (Å²) < 4.78 is 26.8. The number of para-hydroxylation sites is 1. The van der Waals surface area contributed by atoms with Gasteiger partial charge in [-0.3, -0.25) is 0 Å². The van der Waals surface area contributed by atoms with Crippen LogP contribution in [0.2, 0.25) is 5.02 Å². The third-order valence-electron chi connectivity index (χ3n) is 4.21. The van der Waals surface area contributed by atoms with Crippen molar-refractivity contribution in [1.82, 2.24) is 9.29 Å². The van der Waals surface area contributed by atoms with Gasteiger partial charge in [0, 0.05) is 35.7 Å². The van der Waals surface area contributed by atoms with Gasteiger partial charge in [0.25, 0.3) is 0 Å². The number of likely N-dealkylation sites (N-methyl/N-ethyl adjacent to an activating group) is 1. The second-order valence-electron chi connectivity index (χ2n) is 5.85. The average molecular weight is 363 g/mol. The summed E-state index contributed by atoms with van der Waals surface area (Å²) in [4.78, 5) is 3.48. The van der Waals surface area contributed by atoms with Crippen LogP contribution in [0.25, 0.3) is 10.9 Å². The summed E-state index contributed by atoms with van der Waals surface area (Å²) in [7, 11) is -1.91. The average Bonchev–Trinajstić information content (AvgIpc) is 2.98. The number of hydrogen-bond acceptors (Lipinski definition) is 2. The van der Waals surface area contributed by atoms with E-state index < -0.39 is 10.0 Å². The number of aromatic amines is 1. The van der Waals surface area contributed by atoms with Crippen LogP contribution in [0, 0.1) is 6.92 Å². The van der Waals surface area contributed by atoms with Gasteiger partial charge in [0.15, 0.2) is 0 Å². The first-order chi connectivity index (χ1) is 11.4. The molecule has 24 heavy (non-hydrogen) atoms. The molecule has 0 fully saturated rings. The van der Waals surface area contributed by atoms with E-state index in [1.165, 1.54) is 4.31 Å². The molecule has 0 saturated carbocycles. The number of rotatable bonds is 5. The minimum atomic E-state index is -3.52. The van der Waals surface area contributed by atoms with E-state index in [0.717, 1.165) is 22.0 Å². The first-order valence-corrected chi connectivity index (χ1v) is 9.49. The van der Waals surface area contributed by atoms with Crippen molar-refractivity contribution in [2.24, 2.45) is 0 Å². The number of nitrogens with one attached hydrogen (secondary N) is 1. The lowest BCUT2D eigenvalue weighted by Gasteiger charge is -2.17. The summed E-state index contributed by atoms with van der Waals surface area (Å²) in [5, 5.41) is 1.70. The number of halogens is 1. The summed E-state index contributed by atoms with van der Waals surface area (Å²) in [5.41, 5.74) is 2.93. The Hall–Kier alpha value is -1.82. The number of aryl methyl sites for hydroxylation is 1. The Kier molecular flexibility index (Phi) is 4.67. The summed E-state index contributed by atoms with van der Waals surface area (Å²) >= 11 is 5.98. The molecule has 126 valence electrons. The van der Waals surface area contributed by atoms with E-state index >= 15 is 0 Å². The fraction of sp³-hybridized carbons (Fsp3) is 0.222.